The minimum Gasteiger partial charge on any atom is -0.388 e. The van der Waals surface area contributed by atoms with Crippen molar-refractivity contribution < 1.29 is 13.5 Å². The van der Waals surface area contributed by atoms with E-state index in [2.05, 4.69) is 0 Å². The van der Waals surface area contributed by atoms with E-state index in [-0.39, 0.29) is 17.4 Å². The molecule has 0 aromatic heterocycles. The van der Waals surface area contributed by atoms with Crippen LogP contribution in [-0.4, -0.2) is 25.0 Å². The van der Waals surface area contributed by atoms with Crippen LogP contribution in [0.5, 0.6) is 0 Å². The molecule has 0 spiro atoms. The molecular formula is C11H12Cl2O3S. The van der Waals surface area contributed by atoms with Crippen LogP contribution in [-0.2, 0) is 9.84 Å². The first-order valence-electron chi connectivity index (χ1n) is 5.22. The Bertz CT molecular complexity index is 528. The Kier molecular flexibility index (Phi) is 3.69. The second-order valence-electron chi connectivity index (χ2n) is 4.28. The third-order valence-corrected chi connectivity index (χ3v) is 5.53. The molecule has 1 aromatic rings. The second kappa shape index (κ2) is 4.76. The molecule has 1 N–H and O–H groups in total. The van der Waals surface area contributed by atoms with Gasteiger partial charge in [-0.25, -0.2) is 8.42 Å². The van der Waals surface area contributed by atoms with Gasteiger partial charge in [0.15, 0.2) is 9.84 Å². The average Bonchev–Trinajstić information content (AvgIpc) is 2.62. The summed E-state index contributed by atoms with van der Waals surface area (Å²) in [5, 5.41) is 10.9. The van der Waals surface area contributed by atoms with Gasteiger partial charge in [-0.3, -0.25) is 0 Å². The normalized spacial score (nSPS) is 24.8. The minimum absolute atomic E-state index is 0.0361. The van der Waals surface area contributed by atoms with E-state index in [0.717, 1.165) is 0 Å². The van der Waals surface area contributed by atoms with Gasteiger partial charge >= 0.3 is 0 Å². The van der Waals surface area contributed by atoms with Gasteiger partial charge in [-0.05, 0) is 24.1 Å². The summed E-state index contributed by atoms with van der Waals surface area (Å²) in [6.45, 7) is 0. The molecule has 0 radical (unpaired) electrons. The van der Waals surface area contributed by atoms with Gasteiger partial charge in [0.1, 0.15) is 0 Å². The average molecular weight is 295 g/mol. The smallest absolute Gasteiger partial charge is 0.150 e. The lowest BCUT2D eigenvalue weighted by Gasteiger charge is -2.17. The fraction of sp³-hybridized carbons (Fsp3) is 0.455. The fourth-order valence-electron chi connectivity index (χ4n) is 2.04. The van der Waals surface area contributed by atoms with E-state index in [9.17, 15) is 13.5 Å². The van der Waals surface area contributed by atoms with Crippen LogP contribution in [0.25, 0.3) is 0 Å². The zero-order valence-electron chi connectivity index (χ0n) is 8.94. The van der Waals surface area contributed by atoms with Crippen LogP contribution in [0.15, 0.2) is 18.2 Å². The highest BCUT2D eigenvalue weighted by molar-refractivity contribution is 7.91. The molecule has 1 fully saturated rings. The molecule has 1 aliphatic heterocycles. The molecule has 94 valence electrons. The molecule has 2 rings (SSSR count). The quantitative estimate of drug-likeness (QED) is 0.912. The summed E-state index contributed by atoms with van der Waals surface area (Å²) in [5.74, 6) is -0.0676. The molecule has 2 atom stereocenters. The van der Waals surface area contributed by atoms with Gasteiger partial charge in [-0.15, -0.1) is 0 Å². The van der Waals surface area contributed by atoms with Crippen molar-refractivity contribution in [1.29, 1.82) is 0 Å². The lowest BCUT2D eigenvalue weighted by molar-refractivity contribution is 0.121. The Morgan fingerprint density at radius 2 is 2.00 bits per heavy atom. The van der Waals surface area contributed by atoms with E-state index >= 15 is 0 Å². The van der Waals surface area contributed by atoms with Crippen molar-refractivity contribution in [3.63, 3.8) is 0 Å². The lowest BCUT2D eigenvalue weighted by atomic mass is 9.95. The van der Waals surface area contributed by atoms with Crippen molar-refractivity contribution in [2.75, 3.05) is 11.5 Å². The zero-order chi connectivity index (χ0) is 12.6. The Labute approximate surface area is 110 Å². The highest BCUT2D eigenvalue weighted by Gasteiger charge is 2.33. The molecule has 0 saturated carbocycles. The van der Waals surface area contributed by atoms with E-state index in [4.69, 9.17) is 23.2 Å². The molecule has 1 aromatic carbocycles. The molecular weight excluding hydrogens is 283 g/mol. The van der Waals surface area contributed by atoms with Crippen molar-refractivity contribution in [1.82, 2.24) is 0 Å². The second-order valence-corrected chi connectivity index (χ2v) is 7.32. The van der Waals surface area contributed by atoms with Crippen LogP contribution >= 0.6 is 23.2 Å². The summed E-state index contributed by atoms with van der Waals surface area (Å²) in [6.07, 6.45) is -0.314. The third kappa shape index (κ3) is 2.94. The predicted octanol–water partition coefficient (Wildman–Crippen LogP) is 2.46. The van der Waals surface area contributed by atoms with Gasteiger partial charge < -0.3 is 5.11 Å². The van der Waals surface area contributed by atoms with Gasteiger partial charge in [-0.1, -0.05) is 29.3 Å². The molecule has 0 aliphatic carbocycles. The summed E-state index contributed by atoms with van der Waals surface area (Å²) in [5.41, 5.74) is 0.613. The molecule has 0 amide bonds. The topological polar surface area (TPSA) is 54.4 Å². The first kappa shape index (κ1) is 13.1. The third-order valence-electron chi connectivity index (χ3n) is 3.00. The molecule has 1 saturated heterocycles. The number of aliphatic hydroxyl groups excluding tert-OH is 1. The fourth-order valence-corrected chi connectivity index (χ4v) is 4.18. The number of rotatable bonds is 2. The zero-order valence-corrected chi connectivity index (χ0v) is 11.3. The maximum absolute atomic E-state index is 11.3. The molecule has 17 heavy (non-hydrogen) atoms. The van der Waals surface area contributed by atoms with E-state index in [0.29, 0.717) is 22.0 Å². The predicted molar refractivity (Wildman–Crippen MR) is 68.2 cm³/mol. The Morgan fingerprint density at radius 3 is 2.53 bits per heavy atom. The first-order chi connectivity index (χ1) is 7.89. The van der Waals surface area contributed by atoms with Gasteiger partial charge in [0.2, 0.25) is 0 Å². The van der Waals surface area contributed by atoms with Crippen molar-refractivity contribution >= 4 is 33.0 Å². The Morgan fingerprint density at radius 1 is 1.29 bits per heavy atom. The number of halogens is 2. The van der Waals surface area contributed by atoms with Crippen LogP contribution in [0.2, 0.25) is 10.0 Å². The maximum atomic E-state index is 11.3. The number of aliphatic hydroxyl groups is 1. The molecule has 0 bridgehead atoms. The largest absolute Gasteiger partial charge is 0.388 e. The van der Waals surface area contributed by atoms with Gasteiger partial charge in [0, 0.05) is 5.92 Å². The number of sulfone groups is 1. The van der Waals surface area contributed by atoms with E-state index in [1.54, 1.807) is 18.2 Å². The van der Waals surface area contributed by atoms with Crippen molar-refractivity contribution in [2.24, 2.45) is 5.92 Å². The van der Waals surface area contributed by atoms with Crippen LogP contribution in [0, 0.1) is 5.92 Å². The Hall–Kier alpha value is -0.290. The maximum Gasteiger partial charge on any atom is 0.150 e. The summed E-state index contributed by atoms with van der Waals surface area (Å²) in [6, 6.07) is 4.86. The number of benzene rings is 1. The highest BCUT2D eigenvalue weighted by Crippen LogP contribution is 2.33. The van der Waals surface area contributed by atoms with Crippen molar-refractivity contribution in [2.45, 2.75) is 12.5 Å². The molecule has 1 aliphatic rings. The van der Waals surface area contributed by atoms with Gasteiger partial charge in [-0.2, -0.15) is 0 Å². The van der Waals surface area contributed by atoms with E-state index < -0.39 is 15.9 Å². The lowest BCUT2D eigenvalue weighted by Crippen LogP contribution is -2.14. The minimum atomic E-state index is -2.99. The van der Waals surface area contributed by atoms with Gasteiger partial charge in [0.25, 0.3) is 0 Å². The summed E-state index contributed by atoms with van der Waals surface area (Å²) in [4.78, 5) is 0. The van der Waals surface area contributed by atoms with Crippen LogP contribution in [0.3, 0.4) is 0 Å². The van der Waals surface area contributed by atoms with Crippen LogP contribution in [0.4, 0.5) is 0 Å². The highest BCUT2D eigenvalue weighted by atomic mass is 35.5. The molecule has 6 heteroatoms. The SMILES string of the molecule is O=S1(=O)CCC(C(O)c2ccc(Cl)c(Cl)c2)C1. The van der Waals surface area contributed by atoms with E-state index in [1.807, 2.05) is 0 Å². The van der Waals surface area contributed by atoms with Crippen molar-refractivity contribution in [3.8, 4) is 0 Å². The van der Waals surface area contributed by atoms with Crippen LogP contribution in [0.1, 0.15) is 18.1 Å². The first-order valence-corrected chi connectivity index (χ1v) is 7.80. The van der Waals surface area contributed by atoms with Crippen molar-refractivity contribution in [3.05, 3.63) is 33.8 Å². The summed E-state index contributed by atoms with van der Waals surface area (Å²) >= 11 is 11.6. The number of hydrogen-bond donors (Lipinski definition) is 1. The summed E-state index contributed by atoms with van der Waals surface area (Å²) < 4.78 is 22.7. The van der Waals surface area contributed by atoms with E-state index in [1.165, 1.54) is 0 Å². The van der Waals surface area contributed by atoms with Crippen LogP contribution < -0.4 is 0 Å². The molecule has 3 nitrogen and oxygen atoms in total. The molecule has 1 heterocycles. The van der Waals surface area contributed by atoms with Gasteiger partial charge in [0.05, 0.1) is 27.7 Å². The monoisotopic (exact) mass is 294 g/mol. The molecule has 2 unspecified atom stereocenters. The number of hydrogen-bond acceptors (Lipinski definition) is 3. The summed E-state index contributed by atoms with van der Waals surface area (Å²) in [7, 11) is -2.99. The standard InChI is InChI=1S/C11H12Cl2O3S/c12-9-2-1-7(5-10(9)13)11(14)8-3-4-17(15,16)6-8/h1-2,5,8,11,14H,3-4,6H2. The Balaban J connectivity index is 2.20.